The molecule has 32 heavy (non-hydrogen) atoms. The monoisotopic (exact) mass is 443 g/mol. The van der Waals surface area contributed by atoms with Crippen LogP contribution in [0.4, 0.5) is 18.0 Å². The first-order valence-corrected chi connectivity index (χ1v) is 10.1. The van der Waals surface area contributed by atoms with Gasteiger partial charge in [-0.2, -0.15) is 13.2 Å². The van der Waals surface area contributed by atoms with Gasteiger partial charge in [0.1, 0.15) is 29.3 Å². The molecule has 1 fully saturated rings. The summed E-state index contributed by atoms with van der Waals surface area (Å²) in [6.07, 6.45) is -3.82. The molecule has 1 aromatic heterocycles. The van der Waals surface area contributed by atoms with E-state index in [0.717, 1.165) is 12.1 Å². The van der Waals surface area contributed by atoms with Crippen molar-refractivity contribution in [2.75, 3.05) is 6.54 Å². The first-order valence-electron chi connectivity index (χ1n) is 10.1. The Balaban J connectivity index is 1.25. The van der Waals surface area contributed by atoms with Crippen molar-refractivity contribution >= 4 is 17.1 Å². The van der Waals surface area contributed by atoms with E-state index in [4.69, 9.17) is 13.9 Å². The standard InChI is InChI=1S/C24H20F3NO4/c25-24(26,27)17-9-11-20-16(14-17)15-22(32-20)21-12-10-19(30-21)8-4-5-13-28-23(29)31-18-6-2-1-3-7-18/h1-3,6-7,9,11,14-15,19,21H,5,10,12-13H2,(H,28,29)/t19-,21+/m1/s1. The molecule has 1 saturated heterocycles. The fraction of sp³-hybridized carbons (Fsp3) is 0.292. The normalized spacial score (nSPS) is 18.2. The fourth-order valence-electron chi connectivity index (χ4n) is 3.40. The predicted molar refractivity (Wildman–Crippen MR) is 111 cm³/mol. The first-order chi connectivity index (χ1) is 15.4. The van der Waals surface area contributed by atoms with E-state index in [2.05, 4.69) is 17.2 Å². The topological polar surface area (TPSA) is 60.7 Å². The zero-order valence-electron chi connectivity index (χ0n) is 16.9. The van der Waals surface area contributed by atoms with Gasteiger partial charge in [0, 0.05) is 18.4 Å². The van der Waals surface area contributed by atoms with Crippen LogP contribution in [0.5, 0.6) is 5.75 Å². The molecule has 2 aromatic carbocycles. The van der Waals surface area contributed by atoms with Gasteiger partial charge in [0.25, 0.3) is 0 Å². The average molecular weight is 443 g/mol. The summed E-state index contributed by atoms with van der Waals surface area (Å²) in [6.45, 7) is 0.333. The Kier molecular flexibility index (Phi) is 6.37. The van der Waals surface area contributed by atoms with Gasteiger partial charge < -0.3 is 19.2 Å². The minimum absolute atomic E-state index is 0.296. The van der Waals surface area contributed by atoms with Crippen molar-refractivity contribution in [1.82, 2.24) is 5.32 Å². The highest BCUT2D eigenvalue weighted by atomic mass is 19.4. The molecular weight excluding hydrogens is 423 g/mol. The number of rotatable bonds is 4. The highest BCUT2D eigenvalue weighted by molar-refractivity contribution is 5.79. The second kappa shape index (κ2) is 9.37. The van der Waals surface area contributed by atoms with E-state index < -0.39 is 17.8 Å². The van der Waals surface area contributed by atoms with Gasteiger partial charge in [0.05, 0.1) is 5.56 Å². The lowest BCUT2D eigenvalue weighted by molar-refractivity contribution is -0.137. The zero-order chi connectivity index (χ0) is 22.6. The number of carbonyl (C=O) groups is 1. The molecule has 0 unspecified atom stereocenters. The number of nitrogens with one attached hydrogen (secondary N) is 1. The van der Waals surface area contributed by atoms with E-state index in [-0.39, 0.29) is 12.2 Å². The minimum Gasteiger partial charge on any atom is -0.458 e. The Morgan fingerprint density at radius 2 is 1.94 bits per heavy atom. The molecule has 0 aliphatic carbocycles. The summed E-state index contributed by atoms with van der Waals surface area (Å²) in [5.74, 6) is 6.94. The lowest BCUT2D eigenvalue weighted by Crippen LogP contribution is -2.27. The number of benzene rings is 2. The third-order valence-corrected chi connectivity index (χ3v) is 4.94. The van der Waals surface area contributed by atoms with Crippen molar-refractivity contribution in [2.24, 2.45) is 0 Å². The summed E-state index contributed by atoms with van der Waals surface area (Å²) >= 11 is 0. The van der Waals surface area contributed by atoms with Gasteiger partial charge in [-0.05, 0) is 49.2 Å². The van der Waals surface area contributed by atoms with Crippen molar-refractivity contribution in [3.05, 3.63) is 65.9 Å². The maximum Gasteiger partial charge on any atom is 0.416 e. The molecule has 0 radical (unpaired) electrons. The Bertz CT molecular complexity index is 1140. The van der Waals surface area contributed by atoms with Crippen molar-refractivity contribution in [2.45, 2.75) is 37.6 Å². The lowest BCUT2D eigenvalue weighted by atomic mass is 10.1. The minimum atomic E-state index is -4.40. The number of alkyl halides is 3. The van der Waals surface area contributed by atoms with Gasteiger partial charge in [-0.15, -0.1) is 0 Å². The van der Waals surface area contributed by atoms with Crippen molar-refractivity contribution < 1.29 is 31.9 Å². The second-order valence-corrected chi connectivity index (χ2v) is 7.29. The summed E-state index contributed by atoms with van der Waals surface area (Å²) in [5.41, 5.74) is -0.325. The van der Waals surface area contributed by atoms with Gasteiger partial charge in [-0.3, -0.25) is 0 Å². The Labute approximate surface area is 182 Å². The molecule has 0 spiro atoms. The van der Waals surface area contributed by atoms with Crippen LogP contribution in [0.25, 0.3) is 11.0 Å². The lowest BCUT2D eigenvalue weighted by Gasteiger charge is -2.07. The van der Waals surface area contributed by atoms with E-state index >= 15 is 0 Å². The van der Waals surface area contributed by atoms with Crippen LogP contribution in [0.3, 0.4) is 0 Å². The Morgan fingerprint density at radius 3 is 2.72 bits per heavy atom. The SMILES string of the molecule is O=C(NCCC#C[C@@H]1CC[C@@H](c2cc3cc(C(F)(F)F)ccc3o2)O1)Oc1ccccc1. The number of hydrogen-bond donors (Lipinski definition) is 1. The van der Waals surface area contributed by atoms with Crippen molar-refractivity contribution in [1.29, 1.82) is 0 Å². The maximum absolute atomic E-state index is 12.9. The Morgan fingerprint density at radius 1 is 1.12 bits per heavy atom. The molecule has 1 amide bonds. The van der Waals surface area contributed by atoms with Crippen LogP contribution < -0.4 is 10.1 Å². The molecule has 2 atom stereocenters. The second-order valence-electron chi connectivity index (χ2n) is 7.29. The molecule has 166 valence electrons. The number of carbonyl (C=O) groups excluding carboxylic acids is 1. The smallest absolute Gasteiger partial charge is 0.416 e. The molecule has 0 bridgehead atoms. The number of amides is 1. The van der Waals surface area contributed by atoms with Crippen LogP contribution in [0.1, 0.15) is 36.7 Å². The molecule has 2 heterocycles. The fourth-order valence-corrected chi connectivity index (χ4v) is 3.40. The molecule has 3 aromatic rings. The molecule has 0 saturated carbocycles. The van der Waals surface area contributed by atoms with Crippen LogP contribution >= 0.6 is 0 Å². The van der Waals surface area contributed by atoms with Crippen molar-refractivity contribution in [3.8, 4) is 17.6 Å². The third-order valence-electron chi connectivity index (χ3n) is 4.94. The van der Waals surface area contributed by atoms with Gasteiger partial charge >= 0.3 is 12.3 Å². The highest BCUT2D eigenvalue weighted by Gasteiger charge is 2.32. The van der Waals surface area contributed by atoms with E-state index in [1.807, 2.05) is 6.07 Å². The number of halogens is 3. The molecule has 1 aliphatic rings. The summed E-state index contributed by atoms with van der Waals surface area (Å²) in [7, 11) is 0. The summed E-state index contributed by atoms with van der Waals surface area (Å²) in [5, 5.41) is 3.01. The molecule has 5 nitrogen and oxygen atoms in total. The first kappa shape index (κ1) is 21.8. The van der Waals surface area contributed by atoms with Gasteiger partial charge in [-0.25, -0.2) is 4.79 Å². The molecular formula is C24H20F3NO4. The van der Waals surface area contributed by atoms with E-state index in [1.54, 1.807) is 30.3 Å². The molecule has 4 rings (SSSR count). The van der Waals surface area contributed by atoms with E-state index in [1.165, 1.54) is 6.07 Å². The van der Waals surface area contributed by atoms with Gasteiger partial charge in [0.2, 0.25) is 0 Å². The van der Waals surface area contributed by atoms with E-state index in [9.17, 15) is 18.0 Å². The number of fused-ring (bicyclic) bond motifs is 1. The predicted octanol–water partition coefficient (Wildman–Crippen LogP) is 5.85. The van der Waals surface area contributed by atoms with E-state index in [0.29, 0.717) is 48.3 Å². The maximum atomic E-state index is 12.9. The summed E-state index contributed by atoms with van der Waals surface area (Å²) in [4.78, 5) is 11.7. The highest BCUT2D eigenvalue weighted by Crippen LogP contribution is 2.37. The zero-order valence-corrected chi connectivity index (χ0v) is 16.9. The van der Waals surface area contributed by atoms with Crippen LogP contribution in [-0.2, 0) is 10.9 Å². The quantitative estimate of drug-likeness (QED) is 0.406. The van der Waals surface area contributed by atoms with Crippen LogP contribution in [0.15, 0.2) is 59.0 Å². The number of para-hydroxylation sites is 1. The molecule has 1 N–H and O–H groups in total. The molecule has 8 heteroatoms. The average Bonchev–Trinajstić information content (AvgIpc) is 3.40. The molecule has 1 aliphatic heterocycles. The summed E-state index contributed by atoms with van der Waals surface area (Å²) in [6, 6.07) is 13.7. The van der Waals surface area contributed by atoms with Crippen LogP contribution in [-0.4, -0.2) is 18.7 Å². The summed E-state index contributed by atoms with van der Waals surface area (Å²) < 4.78 is 55.3. The largest absolute Gasteiger partial charge is 0.458 e. The van der Waals surface area contributed by atoms with Crippen LogP contribution in [0.2, 0.25) is 0 Å². The van der Waals surface area contributed by atoms with Gasteiger partial charge in [0.15, 0.2) is 0 Å². The van der Waals surface area contributed by atoms with Gasteiger partial charge in [-0.1, -0.05) is 30.0 Å². The number of hydrogen-bond acceptors (Lipinski definition) is 4. The Hall–Kier alpha value is -3.44. The number of furan rings is 1. The third kappa shape index (κ3) is 5.42. The number of ether oxygens (including phenoxy) is 2. The van der Waals surface area contributed by atoms with Crippen LogP contribution in [0, 0.1) is 11.8 Å². The van der Waals surface area contributed by atoms with Crippen molar-refractivity contribution in [3.63, 3.8) is 0 Å².